The first kappa shape index (κ1) is 45.3. The molecule has 3 aromatic rings. The minimum Gasteiger partial charge on any atom is -0.461 e. The van der Waals surface area contributed by atoms with Crippen molar-refractivity contribution in [1.29, 1.82) is 0 Å². The normalized spacial score (nSPS) is 32.6. The maximum atomic E-state index is 14.4. The number of benzene rings is 3. The Bertz CT molecular complexity index is 2340. The summed E-state index contributed by atoms with van der Waals surface area (Å²) < 4.78 is 17.9. The highest BCUT2D eigenvalue weighted by Gasteiger charge is 2.70. The molecule has 0 heterocycles. The van der Waals surface area contributed by atoms with E-state index in [-0.39, 0.29) is 87.9 Å². The average Bonchev–Trinajstić information content (AvgIpc) is 3.27. The minimum absolute atomic E-state index is 0.0239. The summed E-state index contributed by atoms with van der Waals surface area (Å²) in [6.07, 6.45) is 11.1. The van der Waals surface area contributed by atoms with Crippen LogP contribution in [0, 0.1) is 60.4 Å². The lowest BCUT2D eigenvalue weighted by molar-refractivity contribution is -0.757. The van der Waals surface area contributed by atoms with Gasteiger partial charge in [-0.1, -0.05) is 101 Å². The van der Waals surface area contributed by atoms with E-state index in [4.69, 9.17) is 14.2 Å². The highest BCUT2D eigenvalue weighted by molar-refractivity contribution is 6.04. The van der Waals surface area contributed by atoms with Crippen molar-refractivity contribution in [3.8, 4) is 5.75 Å². The number of allylic oxidation sites excluding steroid dienone is 2. The molecule has 64 heavy (non-hydrogen) atoms. The molecule has 8 atom stereocenters. The zero-order chi connectivity index (χ0) is 45.7. The molecule has 4 saturated carbocycles. The van der Waals surface area contributed by atoms with Gasteiger partial charge in [-0.05, 0) is 146 Å². The summed E-state index contributed by atoms with van der Waals surface area (Å²) in [5, 5.41) is 9.63. The highest BCUT2D eigenvalue weighted by atomic mass is 16.9. The number of ketones is 1. The Hall–Kier alpha value is -5.32. The third-order valence-corrected chi connectivity index (χ3v) is 17.4. The van der Waals surface area contributed by atoms with Crippen LogP contribution in [0.3, 0.4) is 0 Å². The molecule has 5 aliphatic carbocycles. The van der Waals surface area contributed by atoms with Gasteiger partial charge < -0.3 is 19.0 Å². The SMILES string of the molecule is CC1(C)CC[C@]2(C(=O)OCc3ccccc3)CC[C@]3(C)C(=CC[C@@H]4[C@@]5(C)CCC(=O)[C@@](C)(COC(=O)c6ccccc6C(=O)Oc6ccc(CCO[N+](=O)[O-])cc6)[C@@H]5CC[C@]43C)[C@@H]2C1. The molecule has 0 amide bonds. The number of Topliss-reactive ketones (excluding diaryl/α,β-unsaturated/α-hetero) is 1. The van der Waals surface area contributed by atoms with Crippen LogP contribution < -0.4 is 4.74 Å². The Balaban J connectivity index is 0.997. The zero-order valence-electron chi connectivity index (χ0n) is 38.2. The van der Waals surface area contributed by atoms with Crippen molar-refractivity contribution >= 4 is 23.7 Å². The maximum absolute atomic E-state index is 14.4. The van der Waals surface area contributed by atoms with Gasteiger partial charge in [0.25, 0.3) is 5.09 Å². The summed E-state index contributed by atoms with van der Waals surface area (Å²) in [5.41, 5.74) is 1.51. The fourth-order valence-corrected chi connectivity index (χ4v) is 13.5. The fraction of sp³-hybridized carbons (Fsp3) is 0.547. The van der Waals surface area contributed by atoms with Crippen LogP contribution >= 0.6 is 0 Å². The van der Waals surface area contributed by atoms with Gasteiger partial charge >= 0.3 is 17.9 Å². The van der Waals surface area contributed by atoms with Crippen molar-refractivity contribution in [2.45, 2.75) is 119 Å². The molecule has 0 radical (unpaired) electrons. The minimum atomic E-state index is -0.922. The average molecular weight is 874 g/mol. The van der Waals surface area contributed by atoms with Gasteiger partial charge in [-0.25, -0.2) is 9.59 Å². The molecule has 11 heteroatoms. The monoisotopic (exact) mass is 873 g/mol. The second-order valence-corrected chi connectivity index (χ2v) is 21.2. The van der Waals surface area contributed by atoms with Gasteiger partial charge in [-0.15, -0.1) is 10.1 Å². The highest BCUT2D eigenvalue weighted by Crippen LogP contribution is 2.75. The lowest BCUT2D eigenvalue weighted by atomic mass is 9.33. The van der Waals surface area contributed by atoms with Gasteiger partial charge in [0.15, 0.2) is 0 Å². The molecule has 3 aromatic carbocycles. The number of nitrogens with zero attached hydrogens (tertiary/aromatic N) is 1. The number of ether oxygens (including phenoxy) is 3. The van der Waals surface area contributed by atoms with Crippen LogP contribution in [0.15, 0.2) is 90.5 Å². The zero-order valence-corrected chi connectivity index (χ0v) is 38.2. The van der Waals surface area contributed by atoms with Crippen LogP contribution in [0.2, 0.25) is 0 Å². The van der Waals surface area contributed by atoms with Gasteiger partial charge in [0.1, 0.15) is 31.4 Å². The van der Waals surface area contributed by atoms with E-state index in [9.17, 15) is 29.3 Å². The molecule has 0 spiro atoms. The number of esters is 3. The molecule has 11 nitrogen and oxygen atoms in total. The second kappa shape index (κ2) is 16.9. The number of carbonyl (C=O) groups is 4. The van der Waals surface area contributed by atoms with Crippen molar-refractivity contribution in [1.82, 2.24) is 0 Å². The predicted molar refractivity (Wildman–Crippen MR) is 239 cm³/mol. The second-order valence-electron chi connectivity index (χ2n) is 21.2. The summed E-state index contributed by atoms with van der Waals surface area (Å²) in [4.78, 5) is 70.9. The number of fused-ring (bicyclic) bond motifs is 7. The molecule has 0 bridgehead atoms. The largest absolute Gasteiger partial charge is 0.461 e. The van der Waals surface area contributed by atoms with Gasteiger partial charge in [0, 0.05) is 6.42 Å². The van der Waals surface area contributed by atoms with E-state index in [1.54, 1.807) is 36.4 Å². The molecule has 5 aliphatic rings. The van der Waals surface area contributed by atoms with Crippen LogP contribution in [-0.2, 0) is 36.9 Å². The quantitative estimate of drug-likeness (QED) is 0.0566. The molecule has 0 N–H and O–H groups in total. The van der Waals surface area contributed by atoms with Crippen molar-refractivity contribution in [2.75, 3.05) is 13.2 Å². The van der Waals surface area contributed by atoms with E-state index < -0.39 is 27.9 Å². The predicted octanol–water partition coefficient (Wildman–Crippen LogP) is 10.9. The molecule has 4 fully saturated rings. The number of hydrogen-bond donors (Lipinski definition) is 0. The Morgan fingerprint density at radius 1 is 0.750 bits per heavy atom. The first-order valence-electron chi connectivity index (χ1n) is 23.1. The molecule has 0 aromatic heterocycles. The molecular formula is C53H63NO10. The molecule has 0 aliphatic heterocycles. The van der Waals surface area contributed by atoms with E-state index in [1.807, 2.05) is 37.3 Å². The van der Waals surface area contributed by atoms with E-state index in [0.717, 1.165) is 68.9 Å². The fourth-order valence-electron chi connectivity index (χ4n) is 13.5. The molecule has 0 unspecified atom stereocenters. The van der Waals surface area contributed by atoms with Crippen LogP contribution in [-0.4, -0.2) is 42.0 Å². The number of rotatable bonds is 12. The van der Waals surface area contributed by atoms with Gasteiger partial charge in [-0.2, -0.15) is 0 Å². The van der Waals surface area contributed by atoms with Crippen molar-refractivity contribution in [3.05, 3.63) is 123 Å². The topological polar surface area (TPSA) is 148 Å². The summed E-state index contributed by atoms with van der Waals surface area (Å²) in [5.74, 6) is -0.780. The molecule has 0 saturated heterocycles. The standard InChI is InChI=1S/C53H63NO10/c1-48(2)27-29-53(47(58)61-33-36-12-8-7-9-13-36)30-28-51(5)40(41(53)32-48)20-21-43-49(3)25-23-44(55)50(4,42(49)22-26-52(43,51)6)34-62-45(56)38-14-10-11-15-39(38)46(57)64-37-18-16-35(17-19-37)24-31-63-54(59)60/h7-20,41-43H,21-34H2,1-6H3/t41-,42+,43+,49-,50-,51+,52+,53-/m0/s1. The smallest absolute Gasteiger partial charge is 0.344 e. The lowest BCUT2D eigenvalue weighted by Crippen LogP contribution is -2.65. The van der Waals surface area contributed by atoms with Gasteiger partial charge in [-0.3, -0.25) is 9.59 Å². The Kier molecular flexibility index (Phi) is 12.0. The van der Waals surface area contributed by atoms with Gasteiger partial charge in [0.05, 0.1) is 22.0 Å². The third-order valence-electron chi connectivity index (χ3n) is 17.4. The van der Waals surface area contributed by atoms with Gasteiger partial charge in [0.2, 0.25) is 0 Å². The van der Waals surface area contributed by atoms with E-state index in [2.05, 4.69) is 45.5 Å². The summed E-state index contributed by atoms with van der Waals surface area (Å²) in [6.45, 7) is 14.1. The van der Waals surface area contributed by atoms with Crippen molar-refractivity contribution in [2.24, 2.45) is 50.2 Å². The first-order valence-corrected chi connectivity index (χ1v) is 23.1. The Morgan fingerprint density at radius 3 is 2.12 bits per heavy atom. The number of hydrogen-bond acceptors (Lipinski definition) is 10. The summed E-state index contributed by atoms with van der Waals surface area (Å²) in [6, 6.07) is 22.8. The first-order chi connectivity index (χ1) is 30.4. The van der Waals surface area contributed by atoms with Crippen LogP contribution in [0.1, 0.15) is 138 Å². The van der Waals surface area contributed by atoms with E-state index in [1.165, 1.54) is 17.7 Å². The molecule has 8 rings (SSSR count). The maximum Gasteiger partial charge on any atom is 0.344 e. The van der Waals surface area contributed by atoms with E-state index in [0.29, 0.717) is 12.8 Å². The third kappa shape index (κ3) is 7.84. The van der Waals surface area contributed by atoms with Crippen LogP contribution in [0.4, 0.5) is 0 Å². The Labute approximate surface area is 376 Å². The Morgan fingerprint density at radius 2 is 1.42 bits per heavy atom. The summed E-state index contributed by atoms with van der Waals surface area (Å²) >= 11 is 0. The van der Waals surface area contributed by atoms with Crippen molar-refractivity contribution < 1.29 is 43.3 Å². The lowest BCUT2D eigenvalue weighted by Gasteiger charge is -2.70. The number of carbonyl (C=O) groups excluding carboxylic acids is 4. The van der Waals surface area contributed by atoms with E-state index >= 15 is 0 Å². The van der Waals surface area contributed by atoms with Crippen LogP contribution in [0.25, 0.3) is 0 Å². The van der Waals surface area contributed by atoms with Crippen molar-refractivity contribution in [3.63, 3.8) is 0 Å². The molecule has 340 valence electrons. The molecular weight excluding hydrogens is 811 g/mol. The summed E-state index contributed by atoms with van der Waals surface area (Å²) in [7, 11) is 0. The van der Waals surface area contributed by atoms with Crippen LogP contribution in [0.5, 0.6) is 5.75 Å².